The molecule has 6 nitrogen and oxygen atoms in total. The van der Waals surface area contributed by atoms with Crippen LogP contribution >= 0.6 is 11.5 Å². The molecule has 2 rings (SSSR count). The number of rotatable bonds is 4. The van der Waals surface area contributed by atoms with Crippen molar-refractivity contribution < 1.29 is 27.8 Å². The Morgan fingerprint density at radius 1 is 1.58 bits per heavy atom. The number of hydrogen-bond acceptors (Lipinski definition) is 6. The lowest BCUT2D eigenvalue weighted by Gasteiger charge is -2.46. The summed E-state index contributed by atoms with van der Waals surface area (Å²) < 4.78 is 45.4. The minimum absolute atomic E-state index is 0.156. The molecule has 1 aliphatic rings. The molecule has 1 aromatic heterocycles. The Morgan fingerprint density at radius 2 is 2.21 bits per heavy atom. The highest BCUT2D eigenvalue weighted by Gasteiger charge is 2.43. The van der Waals surface area contributed by atoms with Crippen molar-refractivity contribution in [2.75, 3.05) is 24.6 Å². The van der Waals surface area contributed by atoms with Crippen molar-refractivity contribution in [1.82, 2.24) is 9.36 Å². The second-order valence-electron chi connectivity index (χ2n) is 4.39. The molecular formula is C9H10F3N3O3S. The molecule has 1 fully saturated rings. The lowest BCUT2D eigenvalue weighted by atomic mass is 9.97. The molecule has 0 unspecified atom stereocenters. The molecule has 1 aromatic rings. The first-order valence-electron chi connectivity index (χ1n) is 5.21. The maximum Gasteiger partial charge on any atom is 0.452 e. The molecule has 0 aromatic carbocycles. The first-order valence-corrected chi connectivity index (χ1v) is 5.99. The van der Waals surface area contributed by atoms with Crippen LogP contribution < -0.4 is 4.90 Å². The fourth-order valence-electron chi connectivity index (χ4n) is 1.68. The smallest absolute Gasteiger partial charge is 0.452 e. The summed E-state index contributed by atoms with van der Waals surface area (Å²) >= 11 is 0.658. The van der Waals surface area contributed by atoms with Gasteiger partial charge in [0, 0.05) is 11.5 Å². The number of alkyl halides is 3. The van der Waals surface area contributed by atoms with Crippen molar-refractivity contribution in [1.29, 1.82) is 0 Å². The molecule has 19 heavy (non-hydrogen) atoms. The van der Waals surface area contributed by atoms with Gasteiger partial charge in [0.25, 0.3) is 0 Å². The lowest BCUT2D eigenvalue weighted by Crippen LogP contribution is -2.62. The summed E-state index contributed by atoms with van der Waals surface area (Å²) in [6, 6.07) is 0. The topological polar surface area (TPSA) is 75.6 Å². The quantitative estimate of drug-likeness (QED) is 0.901. The van der Waals surface area contributed by atoms with E-state index in [4.69, 9.17) is 9.84 Å². The van der Waals surface area contributed by atoms with Crippen LogP contribution in [0, 0.1) is 0 Å². The number of carboxylic acids is 1. The second kappa shape index (κ2) is 4.60. The zero-order chi connectivity index (χ0) is 14.3. The largest absolute Gasteiger partial charge is 0.480 e. The molecular weight excluding hydrogens is 287 g/mol. The minimum Gasteiger partial charge on any atom is -0.480 e. The van der Waals surface area contributed by atoms with E-state index in [0.717, 1.165) is 0 Å². The van der Waals surface area contributed by atoms with Gasteiger partial charge in [0.05, 0.1) is 13.1 Å². The monoisotopic (exact) mass is 297 g/mol. The fraction of sp³-hybridized carbons (Fsp3) is 0.667. The molecule has 0 bridgehead atoms. The highest BCUT2D eigenvalue weighted by atomic mass is 32.1. The highest BCUT2D eigenvalue weighted by Crippen LogP contribution is 2.34. The maximum atomic E-state index is 12.3. The molecule has 0 aliphatic carbocycles. The van der Waals surface area contributed by atoms with E-state index < -0.39 is 30.2 Å². The van der Waals surface area contributed by atoms with Crippen molar-refractivity contribution in [3.63, 3.8) is 0 Å². The van der Waals surface area contributed by atoms with Crippen LogP contribution in [0.4, 0.5) is 18.3 Å². The van der Waals surface area contributed by atoms with Gasteiger partial charge in [0.2, 0.25) is 11.0 Å². The number of carboxylic acid groups (broad SMARTS) is 1. The normalized spacial score (nSPS) is 18.2. The molecule has 1 N–H and O–H groups in total. The maximum absolute atomic E-state index is 12.3. The zero-order valence-corrected chi connectivity index (χ0v) is 10.6. The molecule has 0 atom stereocenters. The Kier molecular flexibility index (Phi) is 3.39. The summed E-state index contributed by atoms with van der Waals surface area (Å²) in [6.45, 7) is 1.83. The summed E-state index contributed by atoms with van der Waals surface area (Å²) in [6.07, 6.45) is -4.55. The van der Waals surface area contributed by atoms with Crippen molar-refractivity contribution >= 4 is 22.6 Å². The van der Waals surface area contributed by atoms with E-state index in [2.05, 4.69) is 9.36 Å². The van der Waals surface area contributed by atoms with Crippen molar-refractivity contribution in [2.24, 2.45) is 0 Å². The third-order valence-corrected chi connectivity index (χ3v) is 3.31. The van der Waals surface area contributed by atoms with E-state index in [-0.39, 0.29) is 18.2 Å². The molecule has 106 valence electrons. The number of aromatic nitrogens is 2. The summed E-state index contributed by atoms with van der Waals surface area (Å²) in [5, 5.41) is 8.64. The van der Waals surface area contributed by atoms with Crippen molar-refractivity contribution in [2.45, 2.75) is 18.7 Å². The molecule has 1 aliphatic heterocycles. The number of carbonyl (C=O) groups is 1. The second-order valence-corrected chi connectivity index (χ2v) is 5.12. The standard InChI is InChI=1S/C9H10F3N3O3S/c1-8(18-2-5(16)17)3-15(4-8)7-13-6(14-19-7)9(10,11)12/h2-4H2,1H3,(H,16,17). The average Bonchev–Trinajstić information content (AvgIpc) is 2.70. The van der Waals surface area contributed by atoms with Gasteiger partial charge in [0.1, 0.15) is 12.2 Å². The number of halogens is 3. The first kappa shape index (κ1) is 14.0. The van der Waals surface area contributed by atoms with E-state index in [1.54, 1.807) is 11.8 Å². The van der Waals surface area contributed by atoms with Crippen LogP contribution in [0.2, 0.25) is 0 Å². The van der Waals surface area contributed by atoms with E-state index >= 15 is 0 Å². The van der Waals surface area contributed by atoms with E-state index in [0.29, 0.717) is 11.5 Å². The summed E-state index contributed by atoms with van der Waals surface area (Å²) in [5.41, 5.74) is -0.678. The van der Waals surface area contributed by atoms with Crippen molar-refractivity contribution in [3.05, 3.63) is 5.82 Å². The van der Waals surface area contributed by atoms with Crippen LogP contribution in [-0.4, -0.2) is 45.7 Å². The molecule has 0 spiro atoms. The summed E-state index contributed by atoms with van der Waals surface area (Å²) in [4.78, 5) is 15.3. The van der Waals surface area contributed by atoms with Crippen LogP contribution in [0.1, 0.15) is 12.7 Å². The summed E-state index contributed by atoms with van der Waals surface area (Å²) in [7, 11) is 0. The number of ether oxygens (including phenoxy) is 1. The molecule has 0 saturated carbocycles. The van der Waals surface area contributed by atoms with Crippen LogP contribution in [0.15, 0.2) is 0 Å². The van der Waals surface area contributed by atoms with Crippen molar-refractivity contribution in [3.8, 4) is 0 Å². The summed E-state index contributed by atoms with van der Waals surface area (Å²) in [5.74, 6) is -2.25. The third kappa shape index (κ3) is 3.13. The Balaban J connectivity index is 1.93. The average molecular weight is 297 g/mol. The number of hydrogen-bond donors (Lipinski definition) is 1. The number of nitrogens with zero attached hydrogens (tertiary/aromatic N) is 3. The minimum atomic E-state index is -4.55. The van der Waals surface area contributed by atoms with Gasteiger partial charge in [-0.15, -0.1) is 0 Å². The van der Waals surface area contributed by atoms with E-state index in [1.807, 2.05) is 0 Å². The SMILES string of the molecule is CC1(OCC(=O)O)CN(c2nc(C(F)(F)F)ns2)C1. The molecule has 0 radical (unpaired) electrons. The zero-order valence-electron chi connectivity index (χ0n) is 9.77. The van der Waals surface area contributed by atoms with Crippen LogP contribution in [0.25, 0.3) is 0 Å². The number of aliphatic carboxylic acids is 1. The van der Waals surface area contributed by atoms with E-state index in [1.165, 1.54) is 0 Å². The van der Waals surface area contributed by atoms with Crippen LogP contribution in [-0.2, 0) is 15.7 Å². The molecule has 2 heterocycles. The predicted molar refractivity (Wildman–Crippen MR) is 59.1 cm³/mol. The Bertz CT molecular complexity index is 485. The van der Waals surface area contributed by atoms with Gasteiger partial charge in [-0.2, -0.15) is 22.5 Å². The predicted octanol–water partition coefficient (Wildman–Crippen LogP) is 1.24. The highest BCUT2D eigenvalue weighted by molar-refractivity contribution is 7.09. The van der Waals surface area contributed by atoms with E-state index in [9.17, 15) is 18.0 Å². The van der Waals surface area contributed by atoms with Gasteiger partial charge in [-0.05, 0) is 6.92 Å². The van der Waals surface area contributed by atoms with Crippen LogP contribution in [0.5, 0.6) is 0 Å². The molecule has 1 saturated heterocycles. The Morgan fingerprint density at radius 3 is 2.68 bits per heavy atom. The molecule has 0 amide bonds. The molecule has 10 heteroatoms. The van der Waals surface area contributed by atoms with Gasteiger partial charge in [-0.25, -0.2) is 4.79 Å². The van der Waals surface area contributed by atoms with Gasteiger partial charge >= 0.3 is 12.1 Å². The third-order valence-electron chi connectivity index (χ3n) is 2.53. The Labute approximate surface area is 110 Å². The lowest BCUT2D eigenvalue weighted by molar-refractivity contribution is -0.150. The van der Waals surface area contributed by atoms with Gasteiger partial charge in [0.15, 0.2) is 0 Å². The van der Waals surface area contributed by atoms with Gasteiger partial charge in [-0.1, -0.05) is 0 Å². The van der Waals surface area contributed by atoms with Gasteiger partial charge in [-0.3, -0.25) is 0 Å². The van der Waals surface area contributed by atoms with Gasteiger partial charge < -0.3 is 14.7 Å². The number of anilines is 1. The Hall–Kier alpha value is -1.42. The fourth-order valence-corrected chi connectivity index (χ4v) is 2.37. The first-order chi connectivity index (χ1) is 8.70. The van der Waals surface area contributed by atoms with Crippen LogP contribution in [0.3, 0.4) is 0 Å².